The first-order valence-corrected chi connectivity index (χ1v) is 16.3. The van der Waals surface area contributed by atoms with E-state index in [2.05, 4.69) is 38.8 Å². The van der Waals surface area contributed by atoms with Crippen molar-refractivity contribution in [1.82, 2.24) is 29.2 Å². The van der Waals surface area contributed by atoms with Crippen LogP contribution < -0.4 is 15.8 Å². The number of hydrogen-bond acceptors (Lipinski definition) is 10. The summed E-state index contributed by atoms with van der Waals surface area (Å²) in [5.41, 5.74) is 4.85. The minimum absolute atomic E-state index is 0.133. The Labute approximate surface area is 282 Å². The van der Waals surface area contributed by atoms with Gasteiger partial charge in [0.15, 0.2) is 0 Å². The van der Waals surface area contributed by atoms with E-state index >= 15 is 0 Å². The summed E-state index contributed by atoms with van der Waals surface area (Å²) in [6.45, 7) is 8.67. The van der Waals surface area contributed by atoms with E-state index in [1.807, 2.05) is 6.07 Å². The van der Waals surface area contributed by atoms with Crippen molar-refractivity contribution in [2.75, 3.05) is 43.1 Å². The fourth-order valence-corrected chi connectivity index (χ4v) is 6.89. The third-order valence-corrected chi connectivity index (χ3v) is 9.24. The Morgan fingerprint density at radius 3 is 2.55 bits per heavy atom. The molecular weight excluding hydrogens is 628 g/mol. The van der Waals surface area contributed by atoms with Crippen LogP contribution in [0.4, 0.5) is 17.3 Å². The van der Waals surface area contributed by atoms with Crippen LogP contribution in [0.2, 0.25) is 0 Å². The van der Waals surface area contributed by atoms with Gasteiger partial charge in [-0.15, -0.1) is 0 Å². The van der Waals surface area contributed by atoms with Crippen molar-refractivity contribution in [2.24, 2.45) is 12.5 Å². The van der Waals surface area contributed by atoms with E-state index in [9.17, 15) is 19.2 Å². The van der Waals surface area contributed by atoms with Crippen LogP contribution in [-0.2, 0) is 47.3 Å². The van der Waals surface area contributed by atoms with E-state index in [-0.39, 0.29) is 29.5 Å². The number of morpholine rings is 1. The summed E-state index contributed by atoms with van der Waals surface area (Å²) in [5.74, 6) is -0.0723. The molecule has 7 rings (SSSR count). The minimum atomic E-state index is -0.490. The first-order chi connectivity index (χ1) is 23.5. The second-order valence-corrected chi connectivity index (χ2v) is 13.4. The lowest BCUT2D eigenvalue weighted by Crippen LogP contribution is -2.41. The molecule has 0 aromatic carbocycles. The third-order valence-electron chi connectivity index (χ3n) is 9.24. The fourth-order valence-electron chi connectivity index (χ4n) is 6.89. The molecule has 1 saturated heterocycles. The maximum atomic E-state index is 14.0. The van der Waals surface area contributed by atoms with Gasteiger partial charge >= 0.3 is 5.97 Å². The number of carbonyl (C=O) groups excluding carboxylic acids is 3. The van der Waals surface area contributed by atoms with E-state index < -0.39 is 11.5 Å². The third kappa shape index (κ3) is 6.19. The monoisotopic (exact) mass is 666 g/mol. The van der Waals surface area contributed by atoms with Crippen molar-refractivity contribution >= 4 is 35.1 Å². The number of nitrogens with one attached hydrogen (secondary N) is 1. The van der Waals surface area contributed by atoms with Gasteiger partial charge in [0.1, 0.15) is 29.6 Å². The Morgan fingerprint density at radius 2 is 1.82 bits per heavy atom. The average Bonchev–Trinajstić information content (AvgIpc) is 3.58. The molecule has 0 bridgehead atoms. The number of aromatic nitrogens is 5. The van der Waals surface area contributed by atoms with Gasteiger partial charge in [-0.2, -0.15) is 5.10 Å². The molecule has 14 heteroatoms. The maximum Gasteiger partial charge on any atom is 0.302 e. The van der Waals surface area contributed by atoms with Crippen molar-refractivity contribution in [1.29, 1.82) is 0 Å². The van der Waals surface area contributed by atoms with E-state index in [4.69, 9.17) is 9.47 Å². The van der Waals surface area contributed by atoms with Gasteiger partial charge in [0.05, 0.1) is 24.5 Å². The molecule has 0 radical (unpaired) electrons. The number of hydrogen-bond donors (Lipinski definition) is 1. The molecule has 6 heterocycles. The van der Waals surface area contributed by atoms with Crippen LogP contribution in [0.3, 0.4) is 0 Å². The number of anilines is 3. The molecule has 2 aliphatic heterocycles. The zero-order valence-corrected chi connectivity index (χ0v) is 28.0. The molecule has 1 fully saturated rings. The molecule has 0 saturated carbocycles. The highest BCUT2D eigenvalue weighted by molar-refractivity contribution is 6.06. The Balaban J connectivity index is 1.20. The number of pyridine rings is 2. The number of ether oxygens (including phenoxy) is 2. The zero-order chi connectivity index (χ0) is 34.4. The highest BCUT2D eigenvalue weighted by Gasteiger charge is 2.37. The zero-order valence-electron chi connectivity index (χ0n) is 28.0. The van der Waals surface area contributed by atoms with Gasteiger partial charge in [0.2, 0.25) is 0 Å². The average molecular weight is 667 g/mol. The van der Waals surface area contributed by atoms with Crippen molar-refractivity contribution in [3.63, 3.8) is 0 Å². The molecule has 1 aliphatic carbocycles. The Hall–Kier alpha value is -5.37. The first-order valence-electron chi connectivity index (χ1n) is 16.3. The van der Waals surface area contributed by atoms with Crippen molar-refractivity contribution in [3.05, 3.63) is 81.2 Å². The topological polar surface area (TPSA) is 154 Å². The molecular formula is C35H38N8O6. The number of carbonyl (C=O) groups is 3. The van der Waals surface area contributed by atoms with Crippen LogP contribution in [0, 0.1) is 5.41 Å². The highest BCUT2D eigenvalue weighted by Crippen LogP contribution is 2.40. The summed E-state index contributed by atoms with van der Waals surface area (Å²) in [6, 6.07) is 8.60. The van der Waals surface area contributed by atoms with Gasteiger partial charge < -0.3 is 24.3 Å². The number of aryl methyl sites for hydroxylation is 1. The van der Waals surface area contributed by atoms with Crippen LogP contribution in [0.15, 0.2) is 47.5 Å². The lowest BCUT2D eigenvalue weighted by molar-refractivity contribution is -0.142. The maximum absolute atomic E-state index is 14.0. The van der Waals surface area contributed by atoms with Gasteiger partial charge in [0, 0.05) is 69.4 Å². The van der Waals surface area contributed by atoms with Gasteiger partial charge in [-0.3, -0.25) is 24.1 Å². The van der Waals surface area contributed by atoms with Crippen molar-refractivity contribution < 1.29 is 23.9 Å². The summed E-state index contributed by atoms with van der Waals surface area (Å²) < 4.78 is 14.1. The first kappa shape index (κ1) is 32.2. The molecule has 0 atom stereocenters. The Kier molecular flexibility index (Phi) is 8.27. The lowest BCUT2D eigenvalue weighted by Gasteiger charge is -2.31. The lowest BCUT2D eigenvalue weighted by atomic mass is 9.90. The molecule has 0 spiro atoms. The standard InChI is InChI=1S/C35H38N8O6/c1-21(44)49-20-25-24(7-8-36-31(25)43-10-9-42-28(34(43)47)15-23-17-35(2,3)18-29(23)42)26-16-27(33(46)40(4)39-26)38-30-6-5-22(19-37-30)32(45)41-11-13-48-14-12-41/h5-8,15-16,19H,9-14,17-18,20H2,1-4H3,(H,37,38). The molecule has 0 unspecified atom stereocenters. The summed E-state index contributed by atoms with van der Waals surface area (Å²) in [5, 5.41) is 7.58. The summed E-state index contributed by atoms with van der Waals surface area (Å²) in [6.07, 6.45) is 4.89. The quantitative estimate of drug-likeness (QED) is 0.291. The van der Waals surface area contributed by atoms with Crippen LogP contribution in [-0.4, -0.2) is 79.8 Å². The molecule has 14 nitrogen and oxygen atoms in total. The van der Waals surface area contributed by atoms with E-state index in [0.717, 1.165) is 12.8 Å². The van der Waals surface area contributed by atoms with E-state index in [1.54, 1.807) is 40.3 Å². The second-order valence-electron chi connectivity index (χ2n) is 13.4. The fraction of sp³-hybridized carbons (Fsp3) is 0.400. The Morgan fingerprint density at radius 1 is 1.02 bits per heavy atom. The van der Waals surface area contributed by atoms with Gasteiger partial charge in [-0.05, 0) is 54.2 Å². The number of esters is 1. The Bertz CT molecular complexity index is 2030. The summed E-state index contributed by atoms with van der Waals surface area (Å²) in [4.78, 5) is 64.4. The summed E-state index contributed by atoms with van der Waals surface area (Å²) in [7, 11) is 1.53. The van der Waals surface area contributed by atoms with Crippen LogP contribution in [0.1, 0.15) is 58.4 Å². The molecule has 2 amide bonds. The SMILES string of the molecule is CC(=O)OCc1c(-c2cc(Nc3ccc(C(=O)N4CCOCC4)cn3)c(=O)n(C)n2)ccnc1N1CCn2c(cc3c2CC(C)(C)C3)C1=O. The number of fused-ring (bicyclic) bond motifs is 3. The summed E-state index contributed by atoms with van der Waals surface area (Å²) >= 11 is 0. The highest BCUT2D eigenvalue weighted by atomic mass is 16.5. The molecule has 4 aromatic rings. The van der Waals surface area contributed by atoms with Gasteiger partial charge in [0.25, 0.3) is 17.4 Å². The van der Waals surface area contributed by atoms with Crippen molar-refractivity contribution in [3.8, 4) is 11.3 Å². The molecule has 1 N–H and O–H groups in total. The largest absolute Gasteiger partial charge is 0.461 e. The predicted molar refractivity (Wildman–Crippen MR) is 180 cm³/mol. The number of amides is 2. The smallest absolute Gasteiger partial charge is 0.302 e. The normalized spacial score (nSPS) is 16.7. The van der Waals surface area contributed by atoms with Gasteiger partial charge in [-0.1, -0.05) is 13.8 Å². The molecule has 3 aliphatic rings. The molecule has 254 valence electrons. The number of rotatable bonds is 7. The van der Waals surface area contributed by atoms with Crippen LogP contribution >= 0.6 is 0 Å². The van der Waals surface area contributed by atoms with E-state index in [0.29, 0.717) is 79.1 Å². The number of nitrogens with zero attached hydrogens (tertiary/aromatic N) is 7. The van der Waals surface area contributed by atoms with E-state index in [1.165, 1.54) is 36.1 Å². The van der Waals surface area contributed by atoms with Crippen molar-refractivity contribution in [2.45, 2.75) is 46.8 Å². The molecule has 49 heavy (non-hydrogen) atoms. The molecule has 4 aromatic heterocycles. The van der Waals surface area contributed by atoms with Gasteiger partial charge in [-0.25, -0.2) is 14.6 Å². The minimum Gasteiger partial charge on any atom is -0.461 e. The second kappa shape index (κ2) is 12.6. The predicted octanol–water partition coefficient (Wildman–Crippen LogP) is 3.10. The van der Waals surface area contributed by atoms with Crippen LogP contribution in [0.5, 0.6) is 0 Å². The van der Waals surface area contributed by atoms with Crippen LogP contribution in [0.25, 0.3) is 11.3 Å².